The lowest BCUT2D eigenvalue weighted by Crippen LogP contribution is -2.04. The molecule has 1 aromatic rings. The fourth-order valence-corrected chi connectivity index (χ4v) is 1.52. The van der Waals surface area contributed by atoms with E-state index >= 15 is 0 Å². The molecule has 0 aliphatic heterocycles. The van der Waals surface area contributed by atoms with Crippen LogP contribution in [-0.4, -0.2) is 6.61 Å². The second-order valence-corrected chi connectivity index (χ2v) is 3.98. The summed E-state index contributed by atoms with van der Waals surface area (Å²) in [7, 11) is 0. The van der Waals surface area contributed by atoms with Gasteiger partial charge in [0.1, 0.15) is 5.82 Å². The molecule has 0 aromatic heterocycles. The first-order valence-corrected chi connectivity index (χ1v) is 5.31. The maximum atomic E-state index is 13.4. The van der Waals surface area contributed by atoms with Crippen LogP contribution in [0.3, 0.4) is 0 Å². The minimum atomic E-state index is -0.590. The molecule has 0 atom stereocenters. The Balaban J connectivity index is 2.17. The van der Waals surface area contributed by atoms with Crippen molar-refractivity contribution in [2.45, 2.75) is 26.2 Å². The Morgan fingerprint density at radius 1 is 1.33 bits per heavy atom. The summed E-state index contributed by atoms with van der Waals surface area (Å²) in [6, 6.07) is 2.21. The van der Waals surface area contributed by atoms with Crippen molar-refractivity contribution in [2.24, 2.45) is 5.92 Å². The first-order chi connectivity index (χ1) is 7.20. The Labute approximate surface area is 88.1 Å². The Hall–Kier alpha value is -1.12. The average molecular weight is 212 g/mol. The molecule has 0 bridgehead atoms. The summed E-state index contributed by atoms with van der Waals surface area (Å²) < 4.78 is 31.7. The van der Waals surface area contributed by atoms with E-state index in [1.165, 1.54) is 6.07 Å². The Bertz CT molecular complexity index is 359. The summed E-state index contributed by atoms with van der Waals surface area (Å²) >= 11 is 0. The van der Waals surface area contributed by atoms with Gasteiger partial charge in [0.15, 0.2) is 11.6 Å². The van der Waals surface area contributed by atoms with Crippen LogP contribution < -0.4 is 4.74 Å². The first kappa shape index (κ1) is 10.4. The van der Waals surface area contributed by atoms with Gasteiger partial charge in [0.05, 0.1) is 6.61 Å². The smallest absolute Gasteiger partial charge is 0.168 e. The van der Waals surface area contributed by atoms with E-state index in [0.717, 1.165) is 18.9 Å². The molecule has 0 unspecified atom stereocenters. The van der Waals surface area contributed by atoms with Gasteiger partial charge < -0.3 is 4.74 Å². The van der Waals surface area contributed by atoms with Crippen LogP contribution in [0.15, 0.2) is 12.1 Å². The van der Waals surface area contributed by atoms with Gasteiger partial charge in [0.25, 0.3) is 0 Å². The van der Waals surface area contributed by atoms with Gasteiger partial charge >= 0.3 is 0 Å². The molecule has 0 radical (unpaired) electrons. The molecule has 0 N–H and O–H groups in total. The minimum Gasteiger partial charge on any atom is -0.490 e. The largest absolute Gasteiger partial charge is 0.490 e. The molecule has 0 amide bonds. The van der Waals surface area contributed by atoms with Gasteiger partial charge in [0, 0.05) is 6.07 Å². The average Bonchev–Trinajstić information content (AvgIpc) is 2.99. The summed E-state index contributed by atoms with van der Waals surface area (Å²) in [5.41, 5.74) is 0.605. The van der Waals surface area contributed by atoms with E-state index in [1.54, 1.807) is 0 Å². The van der Waals surface area contributed by atoms with Gasteiger partial charge in [-0.1, -0.05) is 6.92 Å². The predicted octanol–water partition coefficient (Wildman–Crippen LogP) is 3.32. The number of hydrogen-bond donors (Lipinski definition) is 0. The van der Waals surface area contributed by atoms with Gasteiger partial charge in [0.2, 0.25) is 0 Å². The van der Waals surface area contributed by atoms with Crippen LogP contribution in [0.25, 0.3) is 0 Å². The molecule has 82 valence electrons. The molecule has 15 heavy (non-hydrogen) atoms. The van der Waals surface area contributed by atoms with Crippen LogP contribution in [-0.2, 0) is 6.42 Å². The SMILES string of the molecule is CCc1cc(F)cc(F)c1OCC1CC1. The summed E-state index contributed by atoms with van der Waals surface area (Å²) in [5, 5.41) is 0. The summed E-state index contributed by atoms with van der Waals surface area (Å²) in [4.78, 5) is 0. The van der Waals surface area contributed by atoms with Crippen molar-refractivity contribution in [3.8, 4) is 5.75 Å². The van der Waals surface area contributed by atoms with E-state index in [9.17, 15) is 8.78 Å². The first-order valence-electron chi connectivity index (χ1n) is 5.31. The molecule has 1 nitrogen and oxygen atoms in total. The van der Waals surface area contributed by atoms with Crippen LogP contribution >= 0.6 is 0 Å². The van der Waals surface area contributed by atoms with Gasteiger partial charge in [-0.2, -0.15) is 0 Å². The summed E-state index contributed by atoms with van der Waals surface area (Å²) in [6.07, 6.45) is 2.89. The number of hydrogen-bond acceptors (Lipinski definition) is 1. The second kappa shape index (κ2) is 4.17. The van der Waals surface area contributed by atoms with Gasteiger partial charge in [-0.3, -0.25) is 0 Å². The monoisotopic (exact) mass is 212 g/mol. The molecule has 1 aliphatic carbocycles. The highest BCUT2D eigenvalue weighted by Crippen LogP contribution is 2.31. The lowest BCUT2D eigenvalue weighted by Gasteiger charge is -2.11. The van der Waals surface area contributed by atoms with Crippen molar-refractivity contribution in [1.29, 1.82) is 0 Å². The van der Waals surface area contributed by atoms with E-state index in [2.05, 4.69) is 0 Å². The minimum absolute atomic E-state index is 0.228. The second-order valence-electron chi connectivity index (χ2n) is 3.98. The van der Waals surface area contributed by atoms with Crippen LogP contribution in [0, 0.1) is 17.6 Å². The lowest BCUT2D eigenvalue weighted by atomic mass is 10.1. The predicted molar refractivity (Wildman–Crippen MR) is 54.0 cm³/mol. The standard InChI is InChI=1S/C12H14F2O/c1-2-9-5-10(13)6-11(14)12(9)15-7-8-3-4-8/h5-6,8H,2-4,7H2,1H3. The maximum Gasteiger partial charge on any atom is 0.168 e. The highest BCUT2D eigenvalue weighted by Gasteiger charge is 2.23. The number of halogens is 2. The highest BCUT2D eigenvalue weighted by molar-refractivity contribution is 5.35. The summed E-state index contributed by atoms with van der Waals surface area (Å²) in [6.45, 7) is 2.41. The van der Waals surface area contributed by atoms with Gasteiger partial charge in [-0.05, 0) is 36.8 Å². The molecular formula is C12H14F2O. The molecule has 1 aliphatic rings. The van der Waals surface area contributed by atoms with Gasteiger partial charge in [-0.15, -0.1) is 0 Å². The van der Waals surface area contributed by atoms with Crippen molar-refractivity contribution < 1.29 is 13.5 Å². The van der Waals surface area contributed by atoms with Crippen LogP contribution in [0.4, 0.5) is 8.78 Å². The number of ether oxygens (including phenoxy) is 1. The molecular weight excluding hydrogens is 198 g/mol. The molecule has 0 heterocycles. The third-order valence-electron chi connectivity index (χ3n) is 2.63. The van der Waals surface area contributed by atoms with Crippen LogP contribution in [0.1, 0.15) is 25.3 Å². The lowest BCUT2D eigenvalue weighted by molar-refractivity contribution is 0.281. The fraction of sp³-hybridized carbons (Fsp3) is 0.500. The zero-order valence-electron chi connectivity index (χ0n) is 8.72. The van der Waals surface area contributed by atoms with Crippen LogP contribution in [0.2, 0.25) is 0 Å². The van der Waals surface area contributed by atoms with Crippen molar-refractivity contribution in [1.82, 2.24) is 0 Å². The molecule has 3 heteroatoms. The third-order valence-corrected chi connectivity index (χ3v) is 2.63. The molecule has 1 saturated carbocycles. The topological polar surface area (TPSA) is 9.23 Å². The van der Waals surface area contributed by atoms with E-state index in [-0.39, 0.29) is 5.75 Å². The zero-order chi connectivity index (χ0) is 10.8. The third kappa shape index (κ3) is 2.46. The molecule has 0 saturated heterocycles. The van der Waals surface area contributed by atoms with E-state index in [4.69, 9.17) is 4.74 Å². The van der Waals surface area contributed by atoms with E-state index in [0.29, 0.717) is 24.5 Å². The normalized spacial score (nSPS) is 15.4. The van der Waals surface area contributed by atoms with Crippen molar-refractivity contribution in [2.75, 3.05) is 6.61 Å². The van der Waals surface area contributed by atoms with Crippen LogP contribution in [0.5, 0.6) is 5.75 Å². The number of rotatable bonds is 4. The Morgan fingerprint density at radius 2 is 2.07 bits per heavy atom. The number of benzene rings is 1. The Kier molecular flexibility index (Phi) is 2.89. The highest BCUT2D eigenvalue weighted by atomic mass is 19.1. The molecule has 1 aromatic carbocycles. The van der Waals surface area contributed by atoms with Gasteiger partial charge in [-0.25, -0.2) is 8.78 Å². The molecule has 0 spiro atoms. The van der Waals surface area contributed by atoms with Crippen molar-refractivity contribution in [3.63, 3.8) is 0 Å². The fourth-order valence-electron chi connectivity index (χ4n) is 1.52. The van der Waals surface area contributed by atoms with E-state index in [1.807, 2.05) is 6.92 Å². The maximum absolute atomic E-state index is 13.4. The van der Waals surface area contributed by atoms with Crippen molar-refractivity contribution >= 4 is 0 Å². The quantitative estimate of drug-likeness (QED) is 0.744. The Morgan fingerprint density at radius 3 is 2.67 bits per heavy atom. The van der Waals surface area contributed by atoms with Crippen molar-refractivity contribution in [3.05, 3.63) is 29.3 Å². The summed E-state index contributed by atoms with van der Waals surface area (Å²) in [5.74, 6) is -0.333. The number of aryl methyl sites for hydroxylation is 1. The molecule has 2 rings (SSSR count). The zero-order valence-corrected chi connectivity index (χ0v) is 8.72. The van der Waals surface area contributed by atoms with E-state index < -0.39 is 11.6 Å². The molecule has 1 fully saturated rings.